The monoisotopic (exact) mass is 381 g/mol. The van der Waals surface area contributed by atoms with Crippen LogP contribution in [0.5, 0.6) is 11.9 Å². The summed E-state index contributed by atoms with van der Waals surface area (Å²) in [6, 6.07) is 1.90. The van der Waals surface area contributed by atoms with E-state index in [-0.39, 0.29) is 12.1 Å². The van der Waals surface area contributed by atoms with Crippen LogP contribution in [0.2, 0.25) is 0 Å². The van der Waals surface area contributed by atoms with E-state index in [1.165, 1.54) is 11.4 Å². The highest BCUT2D eigenvalue weighted by atomic mass is 32.2. The van der Waals surface area contributed by atoms with E-state index in [0.29, 0.717) is 48.1 Å². The third-order valence-electron chi connectivity index (χ3n) is 4.52. The standard InChI is InChI=1S/C16H23N5O4S/c1-11-15(12(2)20(3)19-11)26(22,23)21-9-6-13(7-10-21)25-14-5-8-17-16(18-14)24-4/h5,8,13H,6-7,9-10H2,1-4H3. The van der Waals surface area contributed by atoms with Gasteiger partial charge in [-0.3, -0.25) is 4.68 Å². The molecule has 0 N–H and O–H groups in total. The number of hydrogen-bond donors (Lipinski definition) is 0. The molecule has 0 amide bonds. The van der Waals surface area contributed by atoms with Crippen molar-refractivity contribution in [1.82, 2.24) is 24.1 Å². The Kier molecular flexibility index (Phi) is 5.15. The van der Waals surface area contributed by atoms with E-state index >= 15 is 0 Å². The maximum atomic E-state index is 13.0. The van der Waals surface area contributed by atoms with E-state index in [4.69, 9.17) is 9.47 Å². The van der Waals surface area contributed by atoms with Gasteiger partial charge in [0.05, 0.1) is 18.5 Å². The van der Waals surface area contributed by atoms with E-state index in [1.54, 1.807) is 37.8 Å². The minimum atomic E-state index is -3.56. The van der Waals surface area contributed by atoms with Crippen molar-refractivity contribution in [3.63, 3.8) is 0 Å². The van der Waals surface area contributed by atoms with Gasteiger partial charge in [0.15, 0.2) is 0 Å². The Morgan fingerprint density at radius 2 is 1.92 bits per heavy atom. The molecular weight excluding hydrogens is 358 g/mol. The molecule has 26 heavy (non-hydrogen) atoms. The highest BCUT2D eigenvalue weighted by molar-refractivity contribution is 7.89. The van der Waals surface area contributed by atoms with Crippen LogP contribution in [0.1, 0.15) is 24.2 Å². The second kappa shape index (κ2) is 7.20. The summed E-state index contributed by atoms with van der Waals surface area (Å²) in [6.45, 7) is 4.27. The predicted molar refractivity (Wildman–Crippen MR) is 93.7 cm³/mol. The fraction of sp³-hybridized carbons (Fsp3) is 0.562. The molecule has 0 radical (unpaired) electrons. The minimum Gasteiger partial charge on any atom is -0.474 e. The molecule has 1 fully saturated rings. The molecule has 2 aromatic rings. The second-order valence-corrected chi connectivity index (χ2v) is 8.10. The summed E-state index contributed by atoms with van der Waals surface area (Å²) >= 11 is 0. The van der Waals surface area contributed by atoms with Gasteiger partial charge in [0.2, 0.25) is 15.9 Å². The van der Waals surface area contributed by atoms with E-state index in [2.05, 4.69) is 15.1 Å². The highest BCUT2D eigenvalue weighted by Gasteiger charge is 2.34. The molecular formula is C16H23N5O4S. The summed E-state index contributed by atoms with van der Waals surface area (Å²) in [5.74, 6) is 0.428. The number of methoxy groups -OCH3 is 1. The molecule has 3 rings (SSSR count). The van der Waals surface area contributed by atoms with Gasteiger partial charge < -0.3 is 9.47 Å². The number of ether oxygens (including phenoxy) is 2. The molecule has 0 atom stereocenters. The largest absolute Gasteiger partial charge is 0.474 e. The first-order valence-electron chi connectivity index (χ1n) is 8.37. The fourth-order valence-corrected chi connectivity index (χ4v) is 4.98. The highest BCUT2D eigenvalue weighted by Crippen LogP contribution is 2.27. The van der Waals surface area contributed by atoms with Gasteiger partial charge in [0.1, 0.15) is 11.0 Å². The van der Waals surface area contributed by atoms with Crippen LogP contribution >= 0.6 is 0 Å². The number of hydrogen-bond acceptors (Lipinski definition) is 7. The van der Waals surface area contributed by atoms with Crippen molar-refractivity contribution < 1.29 is 17.9 Å². The summed E-state index contributed by atoms with van der Waals surface area (Å²) in [6.07, 6.45) is 2.64. The first-order valence-corrected chi connectivity index (χ1v) is 9.81. The third-order valence-corrected chi connectivity index (χ3v) is 6.67. The molecule has 0 aromatic carbocycles. The molecule has 3 heterocycles. The summed E-state index contributed by atoms with van der Waals surface area (Å²) in [5, 5.41) is 4.22. The molecule has 2 aromatic heterocycles. The summed E-state index contributed by atoms with van der Waals surface area (Å²) in [4.78, 5) is 8.37. The van der Waals surface area contributed by atoms with Crippen LogP contribution in [0.4, 0.5) is 0 Å². The Bertz CT molecular complexity index is 888. The molecule has 0 unspecified atom stereocenters. The average Bonchev–Trinajstić information content (AvgIpc) is 2.88. The number of aryl methyl sites for hydroxylation is 2. The Balaban J connectivity index is 1.68. The number of rotatable bonds is 5. The molecule has 142 valence electrons. The quantitative estimate of drug-likeness (QED) is 0.764. The van der Waals surface area contributed by atoms with Crippen molar-refractivity contribution in [1.29, 1.82) is 0 Å². The molecule has 1 aliphatic rings. The van der Waals surface area contributed by atoms with Crippen LogP contribution in [0, 0.1) is 13.8 Å². The molecule has 10 heteroatoms. The van der Waals surface area contributed by atoms with E-state index in [1.807, 2.05) is 0 Å². The van der Waals surface area contributed by atoms with Gasteiger partial charge in [-0.05, 0) is 26.7 Å². The lowest BCUT2D eigenvalue weighted by molar-refractivity contribution is 0.128. The van der Waals surface area contributed by atoms with Crippen LogP contribution in [0.25, 0.3) is 0 Å². The van der Waals surface area contributed by atoms with Crippen molar-refractivity contribution in [3.8, 4) is 11.9 Å². The lowest BCUT2D eigenvalue weighted by atomic mass is 10.1. The maximum Gasteiger partial charge on any atom is 0.319 e. The smallest absolute Gasteiger partial charge is 0.319 e. The summed E-state index contributed by atoms with van der Waals surface area (Å²) in [7, 11) is -0.322. The summed E-state index contributed by atoms with van der Waals surface area (Å²) in [5.41, 5.74) is 1.17. The van der Waals surface area contributed by atoms with Gasteiger partial charge in [0.25, 0.3) is 0 Å². The zero-order chi connectivity index (χ0) is 18.9. The van der Waals surface area contributed by atoms with Gasteiger partial charge in [0, 0.05) is 32.4 Å². The van der Waals surface area contributed by atoms with E-state index in [9.17, 15) is 8.42 Å². The third kappa shape index (κ3) is 3.51. The van der Waals surface area contributed by atoms with Gasteiger partial charge in [-0.15, -0.1) is 0 Å². The first kappa shape index (κ1) is 18.6. The average molecular weight is 381 g/mol. The lowest BCUT2D eigenvalue weighted by Gasteiger charge is -2.31. The molecule has 0 bridgehead atoms. The van der Waals surface area contributed by atoms with Crippen molar-refractivity contribution in [2.24, 2.45) is 7.05 Å². The summed E-state index contributed by atoms with van der Waals surface area (Å²) < 4.78 is 39.9. The SMILES string of the molecule is COc1nccc(OC2CCN(S(=O)(=O)c3c(C)nn(C)c3C)CC2)n1. The van der Waals surface area contributed by atoms with E-state index < -0.39 is 10.0 Å². The first-order chi connectivity index (χ1) is 12.3. The van der Waals surface area contributed by atoms with Gasteiger partial charge in [-0.25, -0.2) is 13.4 Å². The number of aromatic nitrogens is 4. The van der Waals surface area contributed by atoms with Crippen LogP contribution < -0.4 is 9.47 Å². The number of sulfonamides is 1. The van der Waals surface area contributed by atoms with Crippen molar-refractivity contribution in [2.75, 3.05) is 20.2 Å². The van der Waals surface area contributed by atoms with E-state index in [0.717, 1.165) is 0 Å². The molecule has 1 aliphatic heterocycles. The molecule has 0 spiro atoms. The lowest BCUT2D eigenvalue weighted by Crippen LogP contribution is -2.42. The Labute approximate surface area is 153 Å². The number of nitrogens with zero attached hydrogens (tertiary/aromatic N) is 5. The van der Waals surface area contributed by atoms with Crippen LogP contribution in [-0.2, 0) is 17.1 Å². The van der Waals surface area contributed by atoms with Gasteiger partial charge in [-0.1, -0.05) is 0 Å². The zero-order valence-corrected chi connectivity index (χ0v) is 16.2. The van der Waals surface area contributed by atoms with Crippen LogP contribution in [0.15, 0.2) is 17.2 Å². The van der Waals surface area contributed by atoms with Crippen molar-refractivity contribution in [2.45, 2.75) is 37.7 Å². The Morgan fingerprint density at radius 3 is 2.50 bits per heavy atom. The van der Waals surface area contributed by atoms with Gasteiger partial charge >= 0.3 is 6.01 Å². The maximum absolute atomic E-state index is 13.0. The fourth-order valence-electron chi connectivity index (χ4n) is 3.11. The van der Waals surface area contributed by atoms with Crippen LogP contribution in [-0.4, -0.2) is 58.8 Å². The Hall–Kier alpha value is -2.20. The normalized spacial score (nSPS) is 16.6. The minimum absolute atomic E-state index is 0.0999. The Morgan fingerprint density at radius 1 is 1.23 bits per heavy atom. The predicted octanol–water partition coefficient (Wildman–Crippen LogP) is 1.07. The van der Waals surface area contributed by atoms with Crippen molar-refractivity contribution >= 4 is 10.0 Å². The topological polar surface area (TPSA) is 99.4 Å². The zero-order valence-electron chi connectivity index (χ0n) is 15.3. The van der Waals surface area contributed by atoms with Gasteiger partial charge in [-0.2, -0.15) is 14.4 Å². The second-order valence-electron chi connectivity index (χ2n) is 6.23. The van der Waals surface area contributed by atoms with Crippen molar-refractivity contribution in [3.05, 3.63) is 23.7 Å². The van der Waals surface area contributed by atoms with Crippen LogP contribution in [0.3, 0.4) is 0 Å². The molecule has 0 saturated carbocycles. The molecule has 1 saturated heterocycles. The number of piperidine rings is 1. The molecule has 9 nitrogen and oxygen atoms in total. The molecule has 0 aliphatic carbocycles.